The highest BCUT2D eigenvalue weighted by atomic mass is 35.5. The lowest BCUT2D eigenvalue weighted by atomic mass is 9.86. The maximum absolute atomic E-state index is 11.1. The monoisotopic (exact) mass is 309 g/mol. The molecular formula is C16H20ClNO3. The highest BCUT2D eigenvalue weighted by molar-refractivity contribution is 6.30. The van der Waals surface area contributed by atoms with E-state index in [4.69, 9.17) is 21.4 Å². The maximum atomic E-state index is 11.1. The van der Waals surface area contributed by atoms with Crippen molar-refractivity contribution >= 4 is 17.6 Å². The minimum Gasteiger partial charge on any atom is -0.488 e. The number of ether oxygens (including phenoxy) is 1. The minimum absolute atomic E-state index is 0.115. The summed E-state index contributed by atoms with van der Waals surface area (Å²) in [6, 6.07) is 6.00. The summed E-state index contributed by atoms with van der Waals surface area (Å²) >= 11 is 5.99. The first-order valence-electron chi connectivity index (χ1n) is 7.53. The van der Waals surface area contributed by atoms with Crippen LogP contribution in [0.3, 0.4) is 0 Å². The van der Waals surface area contributed by atoms with Crippen molar-refractivity contribution in [3.8, 4) is 5.75 Å². The van der Waals surface area contributed by atoms with Crippen molar-refractivity contribution in [2.75, 3.05) is 6.54 Å². The number of hydrogen-bond donors (Lipinski definition) is 2. The molecule has 0 saturated heterocycles. The minimum atomic E-state index is -0.666. The van der Waals surface area contributed by atoms with Crippen molar-refractivity contribution in [3.63, 3.8) is 0 Å². The van der Waals surface area contributed by atoms with Crippen molar-refractivity contribution < 1.29 is 14.6 Å². The molecule has 1 aliphatic heterocycles. The molecule has 3 unspecified atom stereocenters. The van der Waals surface area contributed by atoms with E-state index < -0.39 is 5.97 Å². The largest absolute Gasteiger partial charge is 0.488 e. The van der Waals surface area contributed by atoms with Gasteiger partial charge >= 0.3 is 5.97 Å². The zero-order valence-electron chi connectivity index (χ0n) is 11.8. The molecule has 1 aromatic rings. The summed E-state index contributed by atoms with van der Waals surface area (Å²) in [4.78, 5) is 11.1. The molecule has 3 rings (SSSR count). The average Bonchev–Trinajstić information content (AvgIpc) is 2.87. The molecule has 0 bridgehead atoms. The van der Waals surface area contributed by atoms with E-state index in [9.17, 15) is 4.79 Å². The summed E-state index contributed by atoms with van der Waals surface area (Å²) in [6.07, 6.45) is 4.53. The van der Waals surface area contributed by atoms with Crippen LogP contribution in [0.15, 0.2) is 18.2 Å². The molecule has 114 valence electrons. The Morgan fingerprint density at radius 2 is 2.29 bits per heavy atom. The van der Waals surface area contributed by atoms with Crippen LogP contribution in [0, 0.1) is 5.92 Å². The molecular weight excluding hydrogens is 290 g/mol. The van der Waals surface area contributed by atoms with Gasteiger partial charge in [-0.15, -0.1) is 0 Å². The van der Waals surface area contributed by atoms with Crippen LogP contribution in [0.4, 0.5) is 0 Å². The molecule has 0 aromatic heterocycles. The van der Waals surface area contributed by atoms with Crippen LogP contribution in [0.5, 0.6) is 5.75 Å². The number of fused-ring (bicyclic) bond motifs is 1. The number of aliphatic carboxylic acids is 1. The Morgan fingerprint density at radius 1 is 1.43 bits per heavy atom. The summed E-state index contributed by atoms with van der Waals surface area (Å²) in [7, 11) is 0. The summed E-state index contributed by atoms with van der Waals surface area (Å²) < 4.78 is 5.89. The van der Waals surface area contributed by atoms with Gasteiger partial charge in [0.15, 0.2) is 0 Å². The molecule has 1 aliphatic carbocycles. The number of carbonyl (C=O) groups is 1. The first-order valence-corrected chi connectivity index (χ1v) is 7.91. The lowest BCUT2D eigenvalue weighted by molar-refractivity contribution is -0.143. The predicted molar refractivity (Wildman–Crippen MR) is 81.0 cm³/mol. The molecule has 1 fully saturated rings. The Bertz CT molecular complexity index is 534. The quantitative estimate of drug-likeness (QED) is 0.898. The second-order valence-corrected chi connectivity index (χ2v) is 6.44. The third-order valence-electron chi connectivity index (χ3n) is 4.42. The molecule has 4 nitrogen and oxygen atoms in total. The van der Waals surface area contributed by atoms with Crippen molar-refractivity contribution in [2.45, 2.75) is 44.2 Å². The van der Waals surface area contributed by atoms with E-state index in [-0.39, 0.29) is 18.1 Å². The molecule has 1 saturated carbocycles. The van der Waals surface area contributed by atoms with Gasteiger partial charge < -0.3 is 15.2 Å². The topological polar surface area (TPSA) is 58.6 Å². The van der Waals surface area contributed by atoms with Gasteiger partial charge in [-0.05, 0) is 43.0 Å². The summed E-state index contributed by atoms with van der Waals surface area (Å²) in [5.41, 5.74) is 1.15. The van der Waals surface area contributed by atoms with Crippen molar-refractivity contribution in [2.24, 2.45) is 5.92 Å². The SMILES string of the molecule is O=C(O)C1CCCC(NCC2Cc3cc(Cl)ccc3O2)C1. The van der Waals surface area contributed by atoms with Crippen LogP contribution in [0.2, 0.25) is 5.02 Å². The number of carboxylic acids is 1. The first kappa shape index (κ1) is 14.7. The molecule has 3 atom stereocenters. The number of halogens is 1. The molecule has 0 spiro atoms. The first-order chi connectivity index (χ1) is 10.1. The summed E-state index contributed by atoms with van der Waals surface area (Å²) in [5, 5.41) is 13.3. The number of benzene rings is 1. The van der Waals surface area contributed by atoms with Gasteiger partial charge in [0.1, 0.15) is 11.9 Å². The Balaban J connectivity index is 1.50. The molecule has 5 heteroatoms. The van der Waals surface area contributed by atoms with Crippen LogP contribution in [-0.2, 0) is 11.2 Å². The Hall–Kier alpha value is -1.26. The highest BCUT2D eigenvalue weighted by Crippen LogP contribution is 2.31. The molecule has 0 radical (unpaired) electrons. The number of rotatable bonds is 4. The van der Waals surface area contributed by atoms with E-state index in [1.165, 1.54) is 0 Å². The zero-order chi connectivity index (χ0) is 14.8. The van der Waals surface area contributed by atoms with E-state index >= 15 is 0 Å². The van der Waals surface area contributed by atoms with Gasteiger partial charge in [0.05, 0.1) is 5.92 Å². The fraction of sp³-hybridized carbons (Fsp3) is 0.562. The third kappa shape index (κ3) is 3.50. The lowest BCUT2D eigenvalue weighted by Crippen LogP contribution is -2.41. The Morgan fingerprint density at radius 3 is 3.10 bits per heavy atom. The van der Waals surface area contributed by atoms with E-state index in [0.29, 0.717) is 0 Å². The summed E-state index contributed by atoms with van der Waals surface area (Å²) in [6.45, 7) is 0.753. The third-order valence-corrected chi connectivity index (χ3v) is 4.66. The van der Waals surface area contributed by atoms with E-state index in [1.807, 2.05) is 18.2 Å². The molecule has 21 heavy (non-hydrogen) atoms. The van der Waals surface area contributed by atoms with Gasteiger partial charge in [0.25, 0.3) is 0 Å². The lowest BCUT2D eigenvalue weighted by Gasteiger charge is -2.28. The predicted octanol–water partition coefficient (Wildman–Crippen LogP) is 2.88. The maximum Gasteiger partial charge on any atom is 0.306 e. The van der Waals surface area contributed by atoms with Crippen LogP contribution >= 0.6 is 11.6 Å². The van der Waals surface area contributed by atoms with Crippen LogP contribution in [0.1, 0.15) is 31.2 Å². The van der Waals surface area contributed by atoms with E-state index in [0.717, 1.165) is 55.0 Å². The van der Waals surface area contributed by atoms with Crippen molar-refractivity contribution in [1.82, 2.24) is 5.32 Å². The number of nitrogens with one attached hydrogen (secondary N) is 1. The van der Waals surface area contributed by atoms with Crippen LogP contribution in [0.25, 0.3) is 0 Å². The van der Waals surface area contributed by atoms with Gasteiger partial charge in [0.2, 0.25) is 0 Å². The van der Waals surface area contributed by atoms with Gasteiger partial charge in [-0.2, -0.15) is 0 Å². The fourth-order valence-corrected chi connectivity index (χ4v) is 3.50. The van der Waals surface area contributed by atoms with Gasteiger partial charge in [-0.25, -0.2) is 0 Å². The van der Waals surface area contributed by atoms with Gasteiger partial charge in [-0.3, -0.25) is 4.79 Å². The molecule has 2 aliphatic rings. The van der Waals surface area contributed by atoms with E-state index in [1.54, 1.807) is 0 Å². The van der Waals surface area contributed by atoms with Crippen molar-refractivity contribution in [3.05, 3.63) is 28.8 Å². The molecule has 0 amide bonds. The highest BCUT2D eigenvalue weighted by Gasteiger charge is 2.28. The van der Waals surface area contributed by atoms with Crippen LogP contribution in [-0.4, -0.2) is 29.8 Å². The van der Waals surface area contributed by atoms with Gasteiger partial charge in [-0.1, -0.05) is 18.0 Å². The zero-order valence-corrected chi connectivity index (χ0v) is 12.6. The van der Waals surface area contributed by atoms with Gasteiger partial charge in [0, 0.05) is 24.0 Å². The average molecular weight is 310 g/mol. The fourth-order valence-electron chi connectivity index (χ4n) is 3.30. The second kappa shape index (κ2) is 6.24. The number of carboxylic acid groups (broad SMARTS) is 1. The molecule has 1 heterocycles. The van der Waals surface area contributed by atoms with Crippen LogP contribution < -0.4 is 10.1 Å². The smallest absolute Gasteiger partial charge is 0.306 e. The van der Waals surface area contributed by atoms with E-state index in [2.05, 4.69) is 5.32 Å². The standard InChI is InChI=1S/C16H20ClNO3/c17-12-4-5-15-11(6-12)8-14(21-15)9-18-13-3-1-2-10(7-13)16(19)20/h4-6,10,13-14,18H,1-3,7-9H2,(H,19,20). The Kier molecular flexibility index (Phi) is 4.36. The molecule has 1 aromatic carbocycles. The number of hydrogen-bond acceptors (Lipinski definition) is 3. The molecule has 2 N–H and O–H groups in total. The summed E-state index contributed by atoms with van der Waals surface area (Å²) in [5.74, 6) is 0.0515. The normalized spacial score (nSPS) is 28.0. The Labute approximate surface area is 129 Å². The van der Waals surface area contributed by atoms with Crippen molar-refractivity contribution in [1.29, 1.82) is 0 Å². The second-order valence-electron chi connectivity index (χ2n) is 6.00.